The van der Waals surface area contributed by atoms with Gasteiger partial charge in [0.05, 0.1) is 38.8 Å². The Bertz CT molecular complexity index is 877. The van der Waals surface area contributed by atoms with Crippen molar-refractivity contribution in [3.8, 4) is 0 Å². The Morgan fingerprint density at radius 2 is 2.04 bits per heavy atom. The first-order valence-electron chi connectivity index (χ1n) is 7.50. The number of piperazine rings is 1. The zero-order valence-corrected chi connectivity index (χ0v) is 14.3. The first-order valence-corrected chi connectivity index (χ1v) is 10.2. The quantitative estimate of drug-likeness (QED) is 0.762. The molecule has 0 aliphatic carbocycles. The molecule has 2 saturated heterocycles. The summed E-state index contributed by atoms with van der Waals surface area (Å²) in [6, 6.07) is 5.16. The average molecular weight is 351 g/mol. The molecule has 6 nitrogen and oxygen atoms in total. The normalized spacial score (nSPS) is 27.3. The molecule has 2 aromatic rings. The molecule has 1 aromatic carbocycles. The lowest BCUT2D eigenvalue weighted by atomic mass is 10.0. The van der Waals surface area contributed by atoms with Crippen LogP contribution in [-0.4, -0.2) is 72.8 Å². The third kappa shape index (κ3) is 2.45. The third-order valence-electron chi connectivity index (χ3n) is 4.80. The summed E-state index contributed by atoms with van der Waals surface area (Å²) < 4.78 is 25.0. The number of amides is 1. The molecule has 0 N–H and O–H groups in total. The minimum absolute atomic E-state index is 0.0619. The van der Waals surface area contributed by atoms with Gasteiger partial charge < -0.3 is 4.90 Å². The van der Waals surface area contributed by atoms with E-state index >= 15 is 0 Å². The Labute approximate surface area is 138 Å². The predicted molar refractivity (Wildman–Crippen MR) is 89.5 cm³/mol. The molecular weight excluding hydrogens is 334 g/mol. The van der Waals surface area contributed by atoms with Crippen LogP contribution in [0.2, 0.25) is 0 Å². The van der Waals surface area contributed by atoms with Crippen LogP contribution in [0.25, 0.3) is 10.2 Å². The largest absolute Gasteiger partial charge is 0.332 e. The van der Waals surface area contributed by atoms with Crippen LogP contribution in [0.15, 0.2) is 23.7 Å². The smallest absolute Gasteiger partial charge is 0.255 e. The topological polar surface area (TPSA) is 70.6 Å². The molecule has 4 rings (SSSR count). The fraction of sp³-hybridized carbons (Fsp3) is 0.467. The van der Waals surface area contributed by atoms with E-state index in [2.05, 4.69) is 9.88 Å². The van der Waals surface area contributed by atoms with Crippen LogP contribution in [0.3, 0.4) is 0 Å². The van der Waals surface area contributed by atoms with Gasteiger partial charge in [0.1, 0.15) is 0 Å². The highest BCUT2D eigenvalue weighted by Crippen LogP contribution is 2.29. The van der Waals surface area contributed by atoms with Crippen LogP contribution in [0, 0.1) is 0 Å². The van der Waals surface area contributed by atoms with Crippen molar-refractivity contribution in [2.75, 3.05) is 31.6 Å². The summed E-state index contributed by atoms with van der Waals surface area (Å²) in [4.78, 5) is 21.1. The van der Waals surface area contributed by atoms with Gasteiger partial charge in [-0.25, -0.2) is 13.4 Å². The van der Waals surface area contributed by atoms with Crippen molar-refractivity contribution in [1.29, 1.82) is 0 Å². The molecule has 122 valence electrons. The maximum atomic E-state index is 13.1. The van der Waals surface area contributed by atoms with Crippen molar-refractivity contribution in [3.05, 3.63) is 29.3 Å². The SMILES string of the molecule is CN1CCN(C(=O)c2cccc3ncsc23)[C@H]2CS(=O)(=O)C[C@H]21. The molecule has 0 bridgehead atoms. The second-order valence-electron chi connectivity index (χ2n) is 6.20. The Hall–Kier alpha value is -1.51. The number of sulfone groups is 1. The highest BCUT2D eigenvalue weighted by Gasteiger charge is 2.47. The predicted octanol–water partition coefficient (Wildman–Crippen LogP) is 0.850. The minimum atomic E-state index is -3.09. The number of hydrogen-bond acceptors (Lipinski definition) is 6. The maximum Gasteiger partial charge on any atom is 0.255 e. The molecule has 0 spiro atoms. The number of nitrogens with zero attached hydrogens (tertiary/aromatic N) is 3. The van der Waals surface area contributed by atoms with E-state index in [1.54, 1.807) is 16.5 Å². The lowest BCUT2D eigenvalue weighted by Gasteiger charge is -2.42. The molecule has 2 aliphatic rings. The van der Waals surface area contributed by atoms with Gasteiger partial charge in [0.2, 0.25) is 0 Å². The fourth-order valence-electron chi connectivity index (χ4n) is 3.59. The molecule has 2 atom stereocenters. The number of aromatic nitrogens is 1. The van der Waals surface area contributed by atoms with Gasteiger partial charge in [-0.1, -0.05) is 6.07 Å². The Morgan fingerprint density at radius 1 is 1.26 bits per heavy atom. The molecular formula is C15H17N3O3S2. The highest BCUT2D eigenvalue weighted by molar-refractivity contribution is 7.91. The number of fused-ring (bicyclic) bond motifs is 2. The van der Waals surface area contributed by atoms with Crippen LogP contribution in [0.4, 0.5) is 0 Å². The van der Waals surface area contributed by atoms with E-state index in [-0.39, 0.29) is 29.5 Å². The van der Waals surface area contributed by atoms with E-state index in [9.17, 15) is 13.2 Å². The number of likely N-dealkylation sites (N-methyl/N-ethyl adjacent to an activating group) is 1. The summed E-state index contributed by atoms with van der Waals surface area (Å²) in [7, 11) is -1.15. The zero-order valence-electron chi connectivity index (χ0n) is 12.7. The lowest BCUT2D eigenvalue weighted by Crippen LogP contribution is -2.59. The molecule has 3 heterocycles. The van der Waals surface area contributed by atoms with Gasteiger partial charge in [0.25, 0.3) is 5.91 Å². The van der Waals surface area contributed by atoms with Gasteiger partial charge in [-0.05, 0) is 19.2 Å². The second kappa shape index (κ2) is 5.25. The molecule has 0 unspecified atom stereocenters. The Balaban J connectivity index is 1.72. The van der Waals surface area contributed by atoms with Crippen molar-refractivity contribution in [3.63, 3.8) is 0 Å². The molecule has 23 heavy (non-hydrogen) atoms. The van der Waals surface area contributed by atoms with Gasteiger partial charge >= 0.3 is 0 Å². The number of thiazole rings is 1. The molecule has 2 fully saturated rings. The highest BCUT2D eigenvalue weighted by atomic mass is 32.2. The number of benzene rings is 1. The van der Waals surface area contributed by atoms with Crippen LogP contribution in [-0.2, 0) is 9.84 Å². The maximum absolute atomic E-state index is 13.1. The lowest BCUT2D eigenvalue weighted by molar-refractivity contribution is 0.0412. The standard InChI is InChI=1S/C15H17N3O3S2/c1-17-5-6-18(13-8-23(20,21)7-12(13)17)15(19)10-3-2-4-11-14(10)22-9-16-11/h2-4,9,12-13H,5-8H2,1H3/t12-,13+/m1/s1. The van der Waals surface area contributed by atoms with Gasteiger partial charge in [0.15, 0.2) is 9.84 Å². The second-order valence-corrected chi connectivity index (χ2v) is 9.21. The van der Waals surface area contributed by atoms with E-state index < -0.39 is 9.84 Å². The van der Waals surface area contributed by atoms with Gasteiger partial charge in [-0.15, -0.1) is 11.3 Å². The third-order valence-corrected chi connectivity index (χ3v) is 7.38. The van der Waals surface area contributed by atoms with E-state index in [4.69, 9.17) is 0 Å². The van der Waals surface area contributed by atoms with Crippen LogP contribution >= 0.6 is 11.3 Å². The molecule has 2 aliphatic heterocycles. The van der Waals surface area contributed by atoms with Crippen molar-refractivity contribution in [1.82, 2.24) is 14.8 Å². The van der Waals surface area contributed by atoms with Gasteiger partial charge in [-0.3, -0.25) is 9.69 Å². The summed E-state index contributed by atoms with van der Waals surface area (Å²) in [6.07, 6.45) is 0. The monoisotopic (exact) mass is 351 g/mol. The first kappa shape index (κ1) is 15.0. The summed E-state index contributed by atoms with van der Waals surface area (Å²) in [6.45, 7) is 1.25. The van der Waals surface area contributed by atoms with E-state index in [1.165, 1.54) is 11.3 Å². The van der Waals surface area contributed by atoms with E-state index in [0.29, 0.717) is 18.7 Å². The number of hydrogen-bond donors (Lipinski definition) is 0. The number of rotatable bonds is 1. The molecule has 1 amide bonds. The van der Waals surface area contributed by atoms with E-state index in [0.717, 1.165) is 10.2 Å². The van der Waals surface area contributed by atoms with E-state index in [1.807, 2.05) is 19.2 Å². The summed E-state index contributed by atoms with van der Waals surface area (Å²) in [5.74, 6) is 0.120. The molecule has 1 aromatic heterocycles. The van der Waals surface area contributed by atoms with Crippen molar-refractivity contribution in [2.24, 2.45) is 0 Å². The minimum Gasteiger partial charge on any atom is -0.332 e. The van der Waals surface area contributed by atoms with Crippen LogP contribution in [0.1, 0.15) is 10.4 Å². The van der Waals surface area contributed by atoms with Crippen LogP contribution < -0.4 is 0 Å². The fourth-order valence-corrected chi connectivity index (χ4v) is 6.44. The van der Waals surface area contributed by atoms with Crippen molar-refractivity contribution in [2.45, 2.75) is 12.1 Å². The summed E-state index contributed by atoms with van der Waals surface area (Å²) >= 11 is 1.44. The molecule has 0 saturated carbocycles. The van der Waals surface area contributed by atoms with Crippen molar-refractivity contribution >= 4 is 37.3 Å². The Kier molecular flexibility index (Phi) is 3.44. The van der Waals surface area contributed by atoms with Gasteiger partial charge in [-0.2, -0.15) is 0 Å². The Morgan fingerprint density at radius 3 is 2.87 bits per heavy atom. The number of carbonyl (C=O) groups excluding carboxylic acids is 1. The van der Waals surface area contributed by atoms with Crippen LogP contribution in [0.5, 0.6) is 0 Å². The van der Waals surface area contributed by atoms with Crippen molar-refractivity contribution < 1.29 is 13.2 Å². The zero-order chi connectivity index (χ0) is 16.2. The average Bonchev–Trinajstić information content (AvgIpc) is 3.10. The summed E-state index contributed by atoms with van der Waals surface area (Å²) in [5, 5.41) is 0. The van der Waals surface area contributed by atoms with Gasteiger partial charge in [0, 0.05) is 19.1 Å². The summed E-state index contributed by atoms with van der Waals surface area (Å²) in [5.41, 5.74) is 3.16. The first-order chi connectivity index (χ1) is 11.0. The number of carbonyl (C=O) groups is 1. The molecule has 8 heteroatoms. The molecule has 0 radical (unpaired) electrons.